The molecule has 0 amide bonds. The van der Waals surface area contributed by atoms with Crippen LogP contribution in [0.3, 0.4) is 0 Å². The Bertz CT molecular complexity index is 398. The maximum Gasteiger partial charge on any atom is 0.130 e. The van der Waals surface area contributed by atoms with Crippen LogP contribution in [0.5, 0.6) is 0 Å². The van der Waals surface area contributed by atoms with Crippen LogP contribution < -0.4 is 5.73 Å². The third-order valence-corrected chi connectivity index (χ3v) is 3.96. The lowest BCUT2D eigenvalue weighted by Crippen LogP contribution is -2.41. The Kier molecular flexibility index (Phi) is 3.97. The van der Waals surface area contributed by atoms with Crippen LogP contribution in [0.25, 0.3) is 0 Å². The highest BCUT2D eigenvalue weighted by atomic mass is 19.1. The van der Waals surface area contributed by atoms with Gasteiger partial charge in [0, 0.05) is 24.2 Å². The van der Waals surface area contributed by atoms with Gasteiger partial charge in [0.25, 0.3) is 0 Å². The Morgan fingerprint density at radius 3 is 2.33 bits per heavy atom. The minimum absolute atomic E-state index is 0.138. The lowest BCUT2D eigenvalue weighted by atomic mass is 10.0. The van der Waals surface area contributed by atoms with Crippen molar-refractivity contribution >= 4 is 0 Å². The topological polar surface area (TPSA) is 29.3 Å². The fourth-order valence-corrected chi connectivity index (χ4v) is 2.57. The summed E-state index contributed by atoms with van der Waals surface area (Å²) in [4.78, 5) is 2.00. The highest BCUT2D eigenvalue weighted by Crippen LogP contribution is 2.37. The summed E-state index contributed by atoms with van der Waals surface area (Å²) in [7, 11) is 1.90. The molecule has 18 heavy (non-hydrogen) atoms. The lowest BCUT2D eigenvalue weighted by molar-refractivity contribution is 0.164. The molecule has 2 nitrogen and oxygen atoms in total. The molecular weight excluding hydrogens is 234 g/mol. The van der Waals surface area contributed by atoms with Crippen molar-refractivity contribution in [3.63, 3.8) is 0 Å². The van der Waals surface area contributed by atoms with Crippen molar-refractivity contribution < 1.29 is 8.78 Å². The molecule has 1 aliphatic carbocycles. The Balaban J connectivity index is 2.21. The molecule has 0 saturated heterocycles. The van der Waals surface area contributed by atoms with E-state index in [4.69, 9.17) is 5.73 Å². The van der Waals surface area contributed by atoms with E-state index < -0.39 is 11.6 Å². The van der Waals surface area contributed by atoms with Gasteiger partial charge in [0.15, 0.2) is 0 Å². The molecule has 2 unspecified atom stereocenters. The van der Waals surface area contributed by atoms with E-state index in [0.717, 1.165) is 0 Å². The minimum atomic E-state index is -0.485. The van der Waals surface area contributed by atoms with Gasteiger partial charge in [0.1, 0.15) is 11.6 Å². The van der Waals surface area contributed by atoms with Crippen molar-refractivity contribution in [1.82, 2.24) is 4.90 Å². The van der Waals surface area contributed by atoms with Crippen LogP contribution in [0.1, 0.15) is 31.4 Å². The van der Waals surface area contributed by atoms with E-state index in [0.29, 0.717) is 12.5 Å². The lowest BCUT2D eigenvalue weighted by Gasteiger charge is -2.33. The van der Waals surface area contributed by atoms with Gasteiger partial charge in [-0.15, -0.1) is 0 Å². The van der Waals surface area contributed by atoms with Crippen molar-refractivity contribution in [2.45, 2.75) is 31.8 Å². The number of nitrogens with two attached hydrogens (primary N) is 1. The first-order chi connectivity index (χ1) is 8.56. The van der Waals surface area contributed by atoms with Crippen LogP contribution in [-0.2, 0) is 0 Å². The number of hydrogen-bond acceptors (Lipinski definition) is 2. The SMILES string of the molecule is CC(c1c(F)cccc1F)N(C)C(CN)C1CC1. The molecule has 0 bridgehead atoms. The number of rotatable bonds is 5. The van der Waals surface area contributed by atoms with Gasteiger partial charge in [0.05, 0.1) is 0 Å². The number of hydrogen-bond donors (Lipinski definition) is 1. The molecular formula is C14H20F2N2. The standard InChI is InChI=1S/C14H20F2N2/c1-9(14-11(15)4-3-5-12(14)16)18(2)13(8-17)10-6-7-10/h3-5,9-10,13H,6-8,17H2,1-2H3. The quantitative estimate of drug-likeness (QED) is 0.875. The van der Waals surface area contributed by atoms with Crippen molar-refractivity contribution in [3.8, 4) is 0 Å². The molecule has 0 radical (unpaired) electrons. The zero-order chi connectivity index (χ0) is 13.3. The van der Waals surface area contributed by atoms with E-state index in [-0.39, 0.29) is 17.6 Å². The van der Waals surface area contributed by atoms with Gasteiger partial charge in [0.2, 0.25) is 0 Å². The summed E-state index contributed by atoms with van der Waals surface area (Å²) in [6.45, 7) is 2.36. The van der Waals surface area contributed by atoms with Gasteiger partial charge in [-0.2, -0.15) is 0 Å². The second kappa shape index (κ2) is 5.33. The Morgan fingerprint density at radius 1 is 1.33 bits per heavy atom. The molecule has 0 aliphatic heterocycles. The Morgan fingerprint density at radius 2 is 1.89 bits per heavy atom. The molecule has 1 fully saturated rings. The second-order valence-corrected chi connectivity index (χ2v) is 5.12. The molecule has 1 aliphatic rings. The molecule has 2 rings (SSSR count). The predicted octanol–water partition coefficient (Wildman–Crippen LogP) is 2.69. The zero-order valence-electron chi connectivity index (χ0n) is 10.9. The van der Waals surface area contributed by atoms with E-state index in [1.54, 1.807) is 0 Å². The molecule has 2 atom stereocenters. The van der Waals surface area contributed by atoms with Gasteiger partial charge in [-0.3, -0.25) is 4.90 Å². The fourth-order valence-electron chi connectivity index (χ4n) is 2.57. The van der Waals surface area contributed by atoms with Gasteiger partial charge in [-0.05, 0) is 44.9 Å². The third kappa shape index (κ3) is 2.54. The minimum Gasteiger partial charge on any atom is -0.329 e. The first-order valence-corrected chi connectivity index (χ1v) is 6.42. The van der Waals surface area contributed by atoms with E-state index >= 15 is 0 Å². The summed E-state index contributed by atoms with van der Waals surface area (Å²) >= 11 is 0. The normalized spacial score (nSPS) is 19.0. The van der Waals surface area contributed by atoms with Crippen molar-refractivity contribution in [2.75, 3.05) is 13.6 Å². The highest BCUT2D eigenvalue weighted by molar-refractivity contribution is 5.23. The van der Waals surface area contributed by atoms with E-state index in [9.17, 15) is 8.78 Å². The maximum atomic E-state index is 13.7. The number of benzene rings is 1. The molecule has 1 aromatic rings. The van der Waals surface area contributed by atoms with Gasteiger partial charge >= 0.3 is 0 Å². The summed E-state index contributed by atoms with van der Waals surface area (Å²) in [5.74, 6) is -0.390. The molecule has 4 heteroatoms. The van der Waals surface area contributed by atoms with Crippen LogP contribution in [0, 0.1) is 17.6 Å². The second-order valence-electron chi connectivity index (χ2n) is 5.12. The third-order valence-electron chi connectivity index (χ3n) is 3.96. The molecule has 0 aromatic heterocycles. The average molecular weight is 254 g/mol. The maximum absolute atomic E-state index is 13.7. The first-order valence-electron chi connectivity index (χ1n) is 6.42. The summed E-state index contributed by atoms with van der Waals surface area (Å²) in [5.41, 5.74) is 5.92. The van der Waals surface area contributed by atoms with E-state index in [1.165, 1.54) is 31.0 Å². The van der Waals surface area contributed by atoms with Crippen LogP contribution >= 0.6 is 0 Å². The first kappa shape index (κ1) is 13.4. The van der Waals surface area contributed by atoms with Gasteiger partial charge in [-0.25, -0.2) is 8.78 Å². The fraction of sp³-hybridized carbons (Fsp3) is 0.571. The predicted molar refractivity (Wildman–Crippen MR) is 68.1 cm³/mol. The molecule has 2 N–H and O–H groups in total. The van der Waals surface area contributed by atoms with Crippen molar-refractivity contribution in [1.29, 1.82) is 0 Å². The van der Waals surface area contributed by atoms with Gasteiger partial charge in [-0.1, -0.05) is 6.07 Å². The van der Waals surface area contributed by atoms with Crippen LogP contribution in [0.15, 0.2) is 18.2 Å². The summed E-state index contributed by atoms with van der Waals surface area (Å²) in [6.07, 6.45) is 2.33. The van der Waals surface area contributed by atoms with Crippen molar-refractivity contribution in [3.05, 3.63) is 35.4 Å². The molecule has 100 valence electrons. The largest absolute Gasteiger partial charge is 0.329 e. The molecule has 0 spiro atoms. The summed E-state index contributed by atoms with van der Waals surface area (Å²) < 4.78 is 27.5. The Hall–Kier alpha value is -1.00. The smallest absolute Gasteiger partial charge is 0.130 e. The zero-order valence-corrected chi connectivity index (χ0v) is 10.9. The molecule has 0 heterocycles. The highest BCUT2D eigenvalue weighted by Gasteiger charge is 2.35. The molecule has 1 aromatic carbocycles. The van der Waals surface area contributed by atoms with Crippen LogP contribution in [0.2, 0.25) is 0 Å². The molecule has 1 saturated carbocycles. The Labute approximate surface area is 107 Å². The van der Waals surface area contributed by atoms with E-state index in [1.807, 2.05) is 18.9 Å². The number of nitrogens with zero attached hydrogens (tertiary/aromatic N) is 1. The van der Waals surface area contributed by atoms with Gasteiger partial charge < -0.3 is 5.73 Å². The van der Waals surface area contributed by atoms with Crippen LogP contribution in [0.4, 0.5) is 8.78 Å². The average Bonchev–Trinajstić information content (AvgIpc) is 3.14. The van der Waals surface area contributed by atoms with Crippen molar-refractivity contribution in [2.24, 2.45) is 11.7 Å². The van der Waals surface area contributed by atoms with E-state index in [2.05, 4.69) is 0 Å². The number of likely N-dealkylation sites (N-methyl/N-ethyl adjacent to an activating group) is 1. The number of halogens is 2. The monoisotopic (exact) mass is 254 g/mol. The van der Waals surface area contributed by atoms with Crippen LogP contribution in [-0.4, -0.2) is 24.5 Å². The summed E-state index contributed by atoms with van der Waals surface area (Å²) in [5, 5.41) is 0. The summed E-state index contributed by atoms with van der Waals surface area (Å²) in [6, 6.07) is 3.90.